The highest BCUT2D eigenvalue weighted by Crippen LogP contribution is 2.09. The Morgan fingerprint density at radius 2 is 2.00 bits per heavy atom. The smallest absolute Gasteiger partial charge is 0.111 e. The molecule has 2 nitrogen and oxygen atoms in total. The van der Waals surface area contributed by atoms with E-state index in [1.807, 2.05) is 18.2 Å². The zero-order chi connectivity index (χ0) is 9.10. The van der Waals surface area contributed by atoms with Gasteiger partial charge in [0.1, 0.15) is 10.4 Å². The van der Waals surface area contributed by atoms with Crippen molar-refractivity contribution in [2.45, 2.75) is 6.42 Å². The molecule has 0 unspecified atom stereocenters. The van der Waals surface area contributed by atoms with Gasteiger partial charge in [-0.1, -0.05) is 30.3 Å². The van der Waals surface area contributed by atoms with Crippen LogP contribution in [0.2, 0.25) is 0 Å². The Labute approximate surface area is 85.1 Å². The molecule has 1 N–H and O–H groups in total. The first kappa shape index (κ1) is 8.51. The molecule has 0 atom stereocenters. The van der Waals surface area contributed by atoms with E-state index in [0.29, 0.717) is 0 Å². The van der Waals surface area contributed by atoms with Crippen molar-refractivity contribution in [3.63, 3.8) is 0 Å². The first-order valence-corrected chi connectivity index (χ1v) is 4.87. The van der Waals surface area contributed by atoms with Crippen molar-refractivity contribution in [2.75, 3.05) is 0 Å². The quantitative estimate of drug-likeness (QED) is 0.854. The van der Waals surface area contributed by atoms with Crippen molar-refractivity contribution in [3.8, 4) is 0 Å². The molecule has 0 saturated carbocycles. The molecule has 2 rings (SSSR count). The molecule has 0 spiro atoms. The topological polar surface area (TPSA) is 28.7 Å². The zero-order valence-electron chi connectivity index (χ0n) is 7.00. The normalized spacial score (nSPS) is 10.2. The largest absolute Gasteiger partial charge is 0.336 e. The van der Waals surface area contributed by atoms with Crippen LogP contribution in [0.1, 0.15) is 11.4 Å². The van der Waals surface area contributed by atoms with Crippen LogP contribution < -0.4 is 0 Å². The van der Waals surface area contributed by atoms with Crippen LogP contribution in [0.3, 0.4) is 0 Å². The number of imidazole rings is 1. The summed E-state index contributed by atoms with van der Waals surface area (Å²) in [5.74, 6) is 0.984. The molecule has 0 aliphatic heterocycles. The predicted molar refractivity (Wildman–Crippen MR) is 55.5 cm³/mol. The molecule has 66 valence electrons. The highest BCUT2D eigenvalue weighted by atomic mass is 79.9. The highest BCUT2D eigenvalue weighted by Gasteiger charge is 1.98. The first-order chi connectivity index (χ1) is 6.34. The van der Waals surface area contributed by atoms with E-state index in [0.717, 1.165) is 16.8 Å². The summed E-state index contributed by atoms with van der Waals surface area (Å²) in [7, 11) is 0. The molecule has 1 aromatic heterocycles. The van der Waals surface area contributed by atoms with Crippen LogP contribution >= 0.6 is 15.9 Å². The van der Waals surface area contributed by atoms with Crippen molar-refractivity contribution in [1.29, 1.82) is 0 Å². The van der Waals surface area contributed by atoms with Gasteiger partial charge in [0.15, 0.2) is 0 Å². The lowest BCUT2D eigenvalue weighted by Gasteiger charge is -1.96. The van der Waals surface area contributed by atoms with Gasteiger partial charge in [0.25, 0.3) is 0 Å². The average Bonchev–Trinajstić information content (AvgIpc) is 2.53. The standard InChI is InChI=1S/C10H9BrN2/c11-9-7-12-10(13-9)6-8-4-2-1-3-5-8/h1-5,7H,6H2,(H,12,13). The Hall–Kier alpha value is -1.09. The molecule has 0 saturated heterocycles. The third-order valence-electron chi connectivity index (χ3n) is 1.81. The number of hydrogen-bond acceptors (Lipinski definition) is 1. The Morgan fingerprint density at radius 3 is 2.62 bits per heavy atom. The van der Waals surface area contributed by atoms with Crippen LogP contribution in [-0.2, 0) is 6.42 Å². The molecule has 1 heterocycles. The zero-order valence-corrected chi connectivity index (χ0v) is 8.58. The third kappa shape index (κ3) is 2.18. The predicted octanol–water partition coefficient (Wildman–Crippen LogP) is 2.76. The molecular weight excluding hydrogens is 228 g/mol. The van der Waals surface area contributed by atoms with Crippen LogP contribution in [-0.4, -0.2) is 9.97 Å². The minimum absolute atomic E-state index is 0.854. The van der Waals surface area contributed by atoms with Gasteiger partial charge in [0.05, 0.1) is 6.20 Å². The summed E-state index contributed by atoms with van der Waals surface area (Å²) < 4.78 is 0.929. The number of nitrogens with one attached hydrogen (secondary N) is 1. The van der Waals surface area contributed by atoms with Crippen LogP contribution in [0, 0.1) is 0 Å². The first-order valence-electron chi connectivity index (χ1n) is 4.08. The molecule has 0 fully saturated rings. The van der Waals surface area contributed by atoms with E-state index in [9.17, 15) is 0 Å². The van der Waals surface area contributed by atoms with E-state index < -0.39 is 0 Å². The van der Waals surface area contributed by atoms with Crippen molar-refractivity contribution >= 4 is 15.9 Å². The van der Waals surface area contributed by atoms with Crippen LogP contribution in [0.15, 0.2) is 41.1 Å². The number of benzene rings is 1. The van der Waals surface area contributed by atoms with Gasteiger partial charge in [-0.25, -0.2) is 4.98 Å². The van der Waals surface area contributed by atoms with E-state index in [2.05, 4.69) is 38.0 Å². The van der Waals surface area contributed by atoms with Gasteiger partial charge in [-0.15, -0.1) is 0 Å². The Morgan fingerprint density at radius 1 is 1.23 bits per heavy atom. The van der Waals surface area contributed by atoms with Gasteiger partial charge >= 0.3 is 0 Å². The Kier molecular flexibility index (Phi) is 2.45. The minimum atomic E-state index is 0.854. The van der Waals surface area contributed by atoms with Gasteiger partial charge in [0.2, 0.25) is 0 Å². The number of halogens is 1. The molecule has 13 heavy (non-hydrogen) atoms. The summed E-state index contributed by atoms with van der Waals surface area (Å²) in [5, 5.41) is 0. The summed E-state index contributed by atoms with van der Waals surface area (Å²) in [6, 6.07) is 10.3. The van der Waals surface area contributed by atoms with Crippen molar-refractivity contribution in [3.05, 3.63) is 52.5 Å². The van der Waals surface area contributed by atoms with Crippen molar-refractivity contribution in [2.24, 2.45) is 0 Å². The van der Waals surface area contributed by atoms with E-state index in [-0.39, 0.29) is 0 Å². The van der Waals surface area contributed by atoms with Gasteiger partial charge in [-0.2, -0.15) is 0 Å². The minimum Gasteiger partial charge on any atom is -0.336 e. The monoisotopic (exact) mass is 236 g/mol. The van der Waals surface area contributed by atoms with Gasteiger partial charge in [-0.05, 0) is 21.5 Å². The molecule has 3 heteroatoms. The summed E-state index contributed by atoms with van der Waals surface area (Å²) >= 11 is 3.33. The molecule has 0 radical (unpaired) electrons. The number of aromatic amines is 1. The number of hydrogen-bond donors (Lipinski definition) is 1. The van der Waals surface area contributed by atoms with Crippen LogP contribution in [0.5, 0.6) is 0 Å². The molecule has 0 aliphatic rings. The average molecular weight is 237 g/mol. The molecule has 0 aliphatic carbocycles. The van der Waals surface area contributed by atoms with Gasteiger partial charge in [-0.3, -0.25) is 0 Å². The Balaban J connectivity index is 2.15. The SMILES string of the molecule is Brc1cnc(Cc2ccccc2)[nH]1. The number of aromatic nitrogens is 2. The fraction of sp³-hybridized carbons (Fsp3) is 0.100. The lowest BCUT2D eigenvalue weighted by atomic mass is 10.1. The second-order valence-corrected chi connectivity index (χ2v) is 3.69. The number of H-pyrrole nitrogens is 1. The third-order valence-corrected chi connectivity index (χ3v) is 2.21. The second-order valence-electron chi connectivity index (χ2n) is 2.84. The van der Waals surface area contributed by atoms with E-state index in [4.69, 9.17) is 0 Å². The molecular formula is C10H9BrN2. The van der Waals surface area contributed by atoms with Crippen molar-refractivity contribution < 1.29 is 0 Å². The molecule has 0 bridgehead atoms. The molecule has 1 aromatic carbocycles. The van der Waals surface area contributed by atoms with E-state index in [1.165, 1.54) is 5.56 Å². The maximum absolute atomic E-state index is 4.21. The lowest BCUT2D eigenvalue weighted by molar-refractivity contribution is 1.02. The van der Waals surface area contributed by atoms with Gasteiger partial charge < -0.3 is 4.98 Å². The van der Waals surface area contributed by atoms with Crippen LogP contribution in [0.25, 0.3) is 0 Å². The number of rotatable bonds is 2. The van der Waals surface area contributed by atoms with Gasteiger partial charge in [0, 0.05) is 6.42 Å². The Bertz CT molecular complexity index is 381. The second kappa shape index (κ2) is 3.75. The fourth-order valence-corrected chi connectivity index (χ4v) is 1.55. The van der Waals surface area contributed by atoms with Crippen molar-refractivity contribution in [1.82, 2.24) is 9.97 Å². The van der Waals surface area contributed by atoms with E-state index >= 15 is 0 Å². The maximum atomic E-state index is 4.21. The summed E-state index contributed by atoms with van der Waals surface area (Å²) in [5.41, 5.74) is 1.27. The summed E-state index contributed by atoms with van der Waals surface area (Å²) in [6.07, 6.45) is 2.63. The highest BCUT2D eigenvalue weighted by molar-refractivity contribution is 9.10. The van der Waals surface area contributed by atoms with E-state index in [1.54, 1.807) is 6.20 Å². The fourth-order valence-electron chi connectivity index (χ4n) is 1.22. The summed E-state index contributed by atoms with van der Waals surface area (Å²) in [6.45, 7) is 0. The maximum Gasteiger partial charge on any atom is 0.111 e. The summed E-state index contributed by atoms with van der Waals surface area (Å²) in [4.78, 5) is 7.34. The molecule has 0 amide bonds. The number of nitrogens with zero attached hydrogens (tertiary/aromatic N) is 1. The van der Waals surface area contributed by atoms with Crippen LogP contribution in [0.4, 0.5) is 0 Å². The lowest BCUT2D eigenvalue weighted by Crippen LogP contribution is -1.89. The molecule has 2 aromatic rings.